The highest BCUT2D eigenvalue weighted by Crippen LogP contribution is 2.18. The number of nitrogens with zero attached hydrogens (tertiary/aromatic N) is 3. The SMILES string of the molecule is COc1ccccc1/C=C/CN(CCN1CCN(C(=O)COc2ccccc2)CC1)C(=O)C(C)C. The van der Waals surface area contributed by atoms with E-state index in [1.807, 2.05) is 90.4 Å². The molecule has 7 nitrogen and oxygen atoms in total. The molecule has 0 aliphatic carbocycles. The van der Waals surface area contributed by atoms with Crippen molar-refractivity contribution < 1.29 is 19.1 Å². The minimum atomic E-state index is -0.0613. The van der Waals surface area contributed by atoms with E-state index in [1.54, 1.807) is 7.11 Å². The maximum atomic E-state index is 12.8. The standard InChI is InChI=1S/C28H37N3O4/c1-23(2)28(33)31(15-9-11-24-10-7-8-14-26(24)34-3)21-18-29-16-19-30(20-17-29)27(32)22-35-25-12-5-4-6-13-25/h4-14,23H,15-22H2,1-3H3/b11-9+. The molecule has 1 fully saturated rings. The van der Waals surface area contributed by atoms with Crippen LogP contribution in [-0.2, 0) is 9.59 Å². The lowest BCUT2D eigenvalue weighted by Crippen LogP contribution is -2.51. The molecule has 35 heavy (non-hydrogen) atoms. The molecule has 0 saturated carbocycles. The van der Waals surface area contributed by atoms with Crippen molar-refractivity contribution in [3.8, 4) is 11.5 Å². The van der Waals surface area contributed by atoms with Crippen molar-refractivity contribution >= 4 is 17.9 Å². The minimum Gasteiger partial charge on any atom is -0.496 e. The second-order valence-corrected chi connectivity index (χ2v) is 8.91. The lowest BCUT2D eigenvalue weighted by molar-refractivity contribution is -0.135. The average Bonchev–Trinajstić information content (AvgIpc) is 2.89. The number of piperazine rings is 1. The van der Waals surface area contributed by atoms with Gasteiger partial charge in [0.2, 0.25) is 5.91 Å². The summed E-state index contributed by atoms with van der Waals surface area (Å²) < 4.78 is 11.0. The van der Waals surface area contributed by atoms with Gasteiger partial charge >= 0.3 is 0 Å². The lowest BCUT2D eigenvalue weighted by Gasteiger charge is -2.36. The van der Waals surface area contributed by atoms with E-state index in [2.05, 4.69) is 4.90 Å². The Kier molecular flexibility index (Phi) is 10.2. The number of rotatable bonds is 11. The van der Waals surface area contributed by atoms with E-state index in [0.717, 1.165) is 30.9 Å². The van der Waals surface area contributed by atoms with E-state index < -0.39 is 0 Å². The minimum absolute atomic E-state index is 0.00610. The maximum absolute atomic E-state index is 12.8. The highest BCUT2D eigenvalue weighted by atomic mass is 16.5. The Morgan fingerprint density at radius 3 is 2.37 bits per heavy atom. The molecule has 0 radical (unpaired) electrons. The number of benzene rings is 2. The number of carbonyl (C=O) groups is 2. The Bertz CT molecular complexity index is 969. The van der Waals surface area contributed by atoms with E-state index >= 15 is 0 Å². The summed E-state index contributed by atoms with van der Waals surface area (Å²) >= 11 is 0. The van der Waals surface area contributed by atoms with Crippen LogP contribution in [0.1, 0.15) is 19.4 Å². The number of hydrogen-bond donors (Lipinski definition) is 0. The molecule has 2 aromatic carbocycles. The van der Waals surface area contributed by atoms with Gasteiger partial charge in [0, 0.05) is 57.3 Å². The van der Waals surface area contributed by atoms with Gasteiger partial charge in [-0.2, -0.15) is 0 Å². The van der Waals surface area contributed by atoms with E-state index in [-0.39, 0.29) is 24.3 Å². The normalized spacial score (nSPS) is 14.3. The Hall–Kier alpha value is -3.32. The highest BCUT2D eigenvalue weighted by molar-refractivity contribution is 5.78. The number of methoxy groups -OCH3 is 1. The largest absolute Gasteiger partial charge is 0.496 e. The summed E-state index contributed by atoms with van der Waals surface area (Å²) in [5.74, 6) is 1.60. The fourth-order valence-corrected chi connectivity index (χ4v) is 4.00. The third-order valence-electron chi connectivity index (χ3n) is 6.08. The zero-order valence-corrected chi connectivity index (χ0v) is 21.1. The third kappa shape index (κ3) is 8.14. The summed E-state index contributed by atoms with van der Waals surface area (Å²) in [6.07, 6.45) is 4.02. The van der Waals surface area contributed by atoms with Crippen molar-refractivity contribution in [3.05, 3.63) is 66.2 Å². The number of hydrogen-bond acceptors (Lipinski definition) is 5. The topological polar surface area (TPSA) is 62.3 Å². The molecular formula is C28H37N3O4. The van der Waals surface area contributed by atoms with Gasteiger partial charge in [-0.15, -0.1) is 0 Å². The van der Waals surface area contributed by atoms with Gasteiger partial charge in [0.25, 0.3) is 5.91 Å². The van der Waals surface area contributed by atoms with Crippen LogP contribution in [0.15, 0.2) is 60.7 Å². The number of ether oxygens (including phenoxy) is 2. The smallest absolute Gasteiger partial charge is 0.260 e. The van der Waals surface area contributed by atoms with Gasteiger partial charge in [-0.05, 0) is 18.2 Å². The Labute approximate surface area is 208 Å². The van der Waals surface area contributed by atoms with Crippen LogP contribution in [0.5, 0.6) is 11.5 Å². The molecule has 0 atom stereocenters. The van der Waals surface area contributed by atoms with Crippen LogP contribution in [-0.4, -0.2) is 86.0 Å². The summed E-state index contributed by atoms with van der Waals surface area (Å²) in [6, 6.07) is 17.2. The monoisotopic (exact) mass is 479 g/mol. The zero-order chi connectivity index (χ0) is 25.0. The highest BCUT2D eigenvalue weighted by Gasteiger charge is 2.23. The first-order valence-electron chi connectivity index (χ1n) is 12.2. The quantitative estimate of drug-likeness (QED) is 0.494. The first-order chi connectivity index (χ1) is 17.0. The summed E-state index contributed by atoms with van der Waals surface area (Å²) in [4.78, 5) is 31.4. The van der Waals surface area contributed by atoms with Crippen molar-refractivity contribution in [1.82, 2.24) is 14.7 Å². The van der Waals surface area contributed by atoms with Crippen molar-refractivity contribution in [3.63, 3.8) is 0 Å². The first kappa shape index (κ1) is 26.3. The predicted molar refractivity (Wildman–Crippen MR) is 138 cm³/mol. The molecule has 0 bridgehead atoms. The molecule has 7 heteroatoms. The summed E-state index contributed by atoms with van der Waals surface area (Å²) in [5.41, 5.74) is 0.990. The Morgan fingerprint density at radius 2 is 1.69 bits per heavy atom. The van der Waals surface area contributed by atoms with Gasteiger partial charge in [0.05, 0.1) is 7.11 Å². The second-order valence-electron chi connectivity index (χ2n) is 8.91. The van der Waals surface area contributed by atoms with Crippen molar-refractivity contribution in [2.24, 2.45) is 5.92 Å². The molecule has 1 aliphatic heterocycles. The summed E-state index contributed by atoms with van der Waals surface area (Å²) in [5, 5.41) is 0. The van der Waals surface area contributed by atoms with Gasteiger partial charge < -0.3 is 19.3 Å². The van der Waals surface area contributed by atoms with Crippen LogP contribution in [0.25, 0.3) is 6.08 Å². The van der Waals surface area contributed by atoms with Crippen LogP contribution in [0, 0.1) is 5.92 Å². The maximum Gasteiger partial charge on any atom is 0.260 e. The molecule has 2 amide bonds. The predicted octanol–water partition coefficient (Wildman–Crippen LogP) is 3.42. The molecule has 3 rings (SSSR count). The Morgan fingerprint density at radius 1 is 1.00 bits per heavy atom. The number of carbonyl (C=O) groups excluding carboxylic acids is 2. The van der Waals surface area contributed by atoms with Crippen LogP contribution in [0.3, 0.4) is 0 Å². The van der Waals surface area contributed by atoms with Gasteiger partial charge in [-0.3, -0.25) is 14.5 Å². The van der Waals surface area contributed by atoms with Crippen LogP contribution in [0.2, 0.25) is 0 Å². The van der Waals surface area contributed by atoms with E-state index in [0.29, 0.717) is 31.9 Å². The number of para-hydroxylation sites is 2. The van der Waals surface area contributed by atoms with Gasteiger partial charge in [0.1, 0.15) is 11.5 Å². The molecule has 0 N–H and O–H groups in total. The molecule has 1 saturated heterocycles. The molecular weight excluding hydrogens is 442 g/mol. The van der Waals surface area contributed by atoms with Crippen molar-refractivity contribution in [2.45, 2.75) is 13.8 Å². The molecule has 0 aromatic heterocycles. The first-order valence-corrected chi connectivity index (χ1v) is 12.2. The molecule has 0 spiro atoms. The Balaban J connectivity index is 1.46. The number of amides is 2. The van der Waals surface area contributed by atoms with Crippen molar-refractivity contribution in [2.75, 3.05) is 59.5 Å². The lowest BCUT2D eigenvalue weighted by atomic mass is 10.1. The molecule has 188 valence electrons. The fraction of sp³-hybridized carbons (Fsp3) is 0.429. The molecule has 2 aromatic rings. The van der Waals surface area contributed by atoms with Gasteiger partial charge in [-0.25, -0.2) is 0 Å². The van der Waals surface area contributed by atoms with E-state index in [9.17, 15) is 9.59 Å². The summed E-state index contributed by atoms with van der Waals surface area (Å²) in [6.45, 7) is 8.81. The third-order valence-corrected chi connectivity index (χ3v) is 6.08. The van der Waals surface area contributed by atoms with E-state index in [4.69, 9.17) is 9.47 Å². The fourth-order valence-electron chi connectivity index (χ4n) is 4.00. The molecule has 0 unspecified atom stereocenters. The van der Waals surface area contributed by atoms with E-state index in [1.165, 1.54) is 0 Å². The molecule has 1 heterocycles. The van der Waals surface area contributed by atoms with Crippen LogP contribution < -0.4 is 9.47 Å². The summed E-state index contributed by atoms with van der Waals surface area (Å²) in [7, 11) is 1.66. The van der Waals surface area contributed by atoms with Gasteiger partial charge in [0.15, 0.2) is 6.61 Å². The van der Waals surface area contributed by atoms with Crippen LogP contribution >= 0.6 is 0 Å². The van der Waals surface area contributed by atoms with Crippen molar-refractivity contribution in [1.29, 1.82) is 0 Å². The zero-order valence-electron chi connectivity index (χ0n) is 21.1. The molecule has 1 aliphatic rings. The average molecular weight is 480 g/mol. The van der Waals surface area contributed by atoms with Crippen LogP contribution in [0.4, 0.5) is 0 Å². The second kappa shape index (κ2) is 13.5. The van der Waals surface area contributed by atoms with Gasteiger partial charge in [-0.1, -0.05) is 62.4 Å².